The summed E-state index contributed by atoms with van der Waals surface area (Å²) >= 11 is 0. The second kappa shape index (κ2) is 7.68. The van der Waals surface area contributed by atoms with Gasteiger partial charge in [0.2, 0.25) is 0 Å². The van der Waals surface area contributed by atoms with Crippen LogP contribution in [0.2, 0.25) is 0 Å². The summed E-state index contributed by atoms with van der Waals surface area (Å²) in [7, 11) is 0. The Kier molecular flexibility index (Phi) is 5.30. The van der Waals surface area contributed by atoms with Crippen molar-refractivity contribution in [2.75, 3.05) is 0 Å². The molecule has 4 aromatic carbocycles. The molecule has 4 rings (SSSR count). The molecule has 0 nitrogen and oxygen atoms in total. The first-order chi connectivity index (χ1) is 14.6. The third-order valence-corrected chi connectivity index (χ3v) is 6.32. The molecule has 158 valence electrons. The highest BCUT2D eigenvalue weighted by Gasteiger charge is 2.22. The van der Waals surface area contributed by atoms with Crippen molar-refractivity contribution < 1.29 is 0 Å². The molecule has 0 aliphatic heterocycles. The standard InChI is InChI=1S/C31H34/c1-21-12-8-9-15-26(21)28-17-11-14-22-13-10-16-27(29(22)28)23-18-24(30(2,3)4)20-25(19-23)31(5,6)7/h8-20H,1-7H3. The van der Waals surface area contributed by atoms with Crippen LogP contribution in [-0.4, -0.2) is 0 Å². The van der Waals surface area contributed by atoms with Gasteiger partial charge in [-0.1, -0.05) is 120 Å². The zero-order valence-electron chi connectivity index (χ0n) is 20.0. The minimum Gasteiger partial charge on any atom is -0.0620 e. The van der Waals surface area contributed by atoms with Crippen LogP contribution in [0.15, 0.2) is 78.9 Å². The lowest BCUT2D eigenvalue weighted by Gasteiger charge is -2.26. The van der Waals surface area contributed by atoms with Crippen LogP contribution in [0, 0.1) is 6.92 Å². The van der Waals surface area contributed by atoms with Gasteiger partial charge in [0.25, 0.3) is 0 Å². The van der Waals surface area contributed by atoms with Crippen LogP contribution in [-0.2, 0) is 10.8 Å². The molecule has 0 fully saturated rings. The van der Waals surface area contributed by atoms with Crippen molar-refractivity contribution in [1.82, 2.24) is 0 Å². The molecule has 0 N–H and O–H groups in total. The Balaban J connectivity index is 2.07. The summed E-state index contributed by atoms with van der Waals surface area (Å²) < 4.78 is 0. The van der Waals surface area contributed by atoms with E-state index in [1.165, 1.54) is 49.7 Å². The van der Waals surface area contributed by atoms with Crippen LogP contribution >= 0.6 is 0 Å². The smallest absolute Gasteiger partial charge is 0.00267 e. The van der Waals surface area contributed by atoms with Crippen LogP contribution in [0.1, 0.15) is 58.2 Å². The van der Waals surface area contributed by atoms with Gasteiger partial charge in [-0.25, -0.2) is 0 Å². The lowest BCUT2D eigenvalue weighted by Crippen LogP contribution is -2.16. The number of fused-ring (bicyclic) bond motifs is 1. The lowest BCUT2D eigenvalue weighted by atomic mass is 9.78. The fraction of sp³-hybridized carbons (Fsp3) is 0.290. The average Bonchev–Trinajstić information content (AvgIpc) is 2.72. The topological polar surface area (TPSA) is 0 Å². The van der Waals surface area contributed by atoms with E-state index in [1.807, 2.05) is 0 Å². The summed E-state index contributed by atoms with van der Waals surface area (Å²) in [6.45, 7) is 16.0. The number of aryl methyl sites for hydroxylation is 1. The van der Waals surface area contributed by atoms with E-state index in [9.17, 15) is 0 Å². The Bertz CT molecular complexity index is 1210. The van der Waals surface area contributed by atoms with E-state index in [-0.39, 0.29) is 10.8 Å². The van der Waals surface area contributed by atoms with Crippen molar-refractivity contribution in [3.63, 3.8) is 0 Å². The molecule has 0 unspecified atom stereocenters. The highest BCUT2D eigenvalue weighted by Crippen LogP contribution is 2.40. The van der Waals surface area contributed by atoms with Gasteiger partial charge in [0.15, 0.2) is 0 Å². The quantitative estimate of drug-likeness (QED) is 0.311. The highest BCUT2D eigenvalue weighted by molar-refractivity contribution is 6.06. The van der Waals surface area contributed by atoms with E-state index in [0.717, 1.165) is 0 Å². The van der Waals surface area contributed by atoms with E-state index < -0.39 is 0 Å². The molecule has 0 radical (unpaired) electrons. The van der Waals surface area contributed by atoms with Crippen LogP contribution < -0.4 is 0 Å². The molecule has 0 aliphatic rings. The summed E-state index contributed by atoms with van der Waals surface area (Å²) in [4.78, 5) is 0. The lowest BCUT2D eigenvalue weighted by molar-refractivity contribution is 0.569. The Morgan fingerprint density at radius 3 is 1.58 bits per heavy atom. The van der Waals surface area contributed by atoms with Gasteiger partial charge in [-0.3, -0.25) is 0 Å². The van der Waals surface area contributed by atoms with Gasteiger partial charge >= 0.3 is 0 Å². The van der Waals surface area contributed by atoms with Crippen LogP contribution in [0.5, 0.6) is 0 Å². The van der Waals surface area contributed by atoms with E-state index >= 15 is 0 Å². The maximum Gasteiger partial charge on any atom is -0.00267 e. The molecular weight excluding hydrogens is 372 g/mol. The predicted octanol–water partition coefficient (Wildman–Crippen LogP) is 9.08. The van der Waals surface area contributed by atoms with E-state index in [2.05, 4.69) is 127 Å². The van der Waals surface area contributed by atoms with Crippen molar-refractivity contribution >= 4 is 10.8 Å². The van der Waals surface area contributed by atoms with Gasteiger partial charge in [0, 0.05) is 0 Å². The Labute approximate surface area is 188 Å². The van der Waals surface area contributed by atoms with Gasteiger partial charge < -0.3 is 0 Å². The van der Waals surface area contributed by atoms with Gasteiger partial charge in [0.05, 0.1) is 0 Å². The molecule has 0 heteroatoms. The van der Waals surface area contributed by atoms with Crippen molar-refractivity contribution in [1.29, 1.82) is 0 Å². The highest BCUT2D eigenvalue weighted by atomic mass is 14.3. The minimum absolute atomic E-state index is 0.0967. The fourth-order valence-corrected chi connectivity index (χ4v) is 4.33. The maximum atomic E-state index is 2.40. The molecule has 0 saturated carbocycles. The van der Waals surface area contributed by atoms with Gasteiger partial charge in [-0.15, -0.1) is 0 Å². The molecule has 0 saturated heterocycles. The normalized spacial score (nSPS) is 12.4. The molecule has 0 atom stereocenters. The Morgan fingerprint density at radius 2 is 1.03 bits per heavy atom. The van der Waals surface area contributed by atoms with Crippen molar-refractivity contribution in [3.05, 3.63) is 95.6 Å². The molecule has 0 spiro atoms. The molecule has 0 bridgehead atoms. The van der Waals surface area contributed by atoms with Crippen molar-refractivity contribution in [2.24, 2.45) is 0 Å². The van der Waals surface area contributed by atoms with E-state index in [4.69, 9.17) is 0 Å². The Hall–Kier alpha value is -2.86. The molecule has 0 aromatic heterocycles. The second-order valence-corrected chi connectivity index (χ2v) is 10.8. The van der Waals surface area contributed by atoms with Gasteiger partial charge in [-0.05, 0) is 67.5 Å². The van der Waals surface area contributed by atoms with E-state index in [0.29, 0.717) is 0 Å². The summed E-state index contributed by atoms with van der Waals surface area (Å²) in [5.74, 6) is 0. The summed E-state index contributed by atoms with van der Waals surface area (Å²) in [6, 6.07) is 29.3. The van der Waals surface area contributed by atoms with Crippen LogP contribution in [0.25, 0.3) is 33.0 Å². The predicted molar refractivity (Wildman–Crippen MR) is 137 cm³/mol. The summed E-state index contributed by atoms with van der Waals surface area (Å²) in [5, 5.41) is 2.63. The molecule has 4 aromatic rings. The summed E-state index contributed by atoms with van der Waals surface area (Å²) in [5.41, 5.74) is 9.52. The molecular formula is C31H34. The zero-order valence-corrected chi connectivity index (χ0v) is 20.0. The van der Waals surface area contributed by atoms with Crippen LogP contribution in [0.3, 0.4) is 0 Å². The number of rotatable bonds is 2. The van der Waals surface area contributed by atoms with E-state index in [1.54, 1.807) is 0 Å². The van der Waals surface area contributed by atoms with Crippen LogP contribution in [0.4, 0.5) is 0 Å². The molecule has 0 aliphatic carbocycles. The molecule has 0 amide bonds. The largest absolute Gasteiger partial charge is 0.0620 e. The van der Waals surface area contributed by atoms with Crippen molar-refractivity contribution in [3.8, 4) is 22.3 Å². The first kappa shape index (κ1) is 21.4. The minimum atomic E-state index is 0.0967. The maximum absolute atomic E-state index is 2.40. The average molecular weight is 407 g/mol. The number of hydrogen-bond acceptors (Lipinski definition) is 0. The first-order valence-electron chi connectivity index (χ1n) is 11.3. The summed E-state index contributed by atoms with van der Waals surface area (Å²) in [6.07, 6.45) is 0. The van der Waals surface area contributed by atoms with Gasteiger partial charge in [0.1, 0.15) is 0 Å². The zero-order chi connectivity index (χ0) is 22.4. The van der Waals surface area contributed by atoms with Crippen molar-refractivity contribution in [2.45, 2.75) is 59.3 Å². The number of hydrogen-bond donors (Lipinski definition) is 0. The monoisotopic (exact) mass is 406 g/mol. The van der Waals surface area contributed by atoms with Gasteiger partial charge in [-0.2, -0.15) is 0 Å². The SMILES string of the molecule is Cc1ccccc1-c1cccc2cccc(-c3cc(C(C)(C)C)cc(C(C)(C)C)c3)c12. The third kappa shape index (κ3) is 4.17. The number of benzene rings is 4. The fourth-order valence-electron chi connectivity index (χ4n) is 4.33. The first-order valence-corrected chi connectivity index (χ1v) is 11.3. The molecule has 0 heterocycles. The second-order valence-electron chi connectivity index (χ2n) is 10.8. The molecule has 31 heavy (non-hydrogen) atoms. The third-order valence-electron chi connectivity index (χ3n) is 6.32. The Morgan fingerprint density at radius 1 is 0.516 bits per heavy atom.